The maximum atomic E-state index is 10.7. The summed E-state index contributed by atoms with van der Waals surface area (Å²) in [7, 11) is 0. The Morgan fingerprint density at radius 2 is 2.17 bits per heavy atom. The Labute approximate surface area is 108 Å². The van der Waals surface area contributed by atoms with Crippen LogP contribution in [0.2, 0.25) is 0 Å². The smallest absolute Gasteiger partial charge is 0.204 e. The van der Waals surface area contributed by atoms with Crippen molar-refractivity contribution in [2.24, 2.45) is 0 Å². The summed E-state index contributed by atoms with van der Waals surface area (Å²) in [5, 5.41) is 13.8. The molecule has 0 spiro atoms. The number of aromatic amines is 1. The minimum absolute atomic E-state index is 0.0803. The molecule has 0 aliphatic rings. The number of carbonyl (C=O) groups is 1. The van der Waals surface area contributed by atoms with Crippen LogP contribution in [0.4, 0.5) is 0 Å². The quantitative estimate of drug-likeness (QED) is 0.826. The molecule has 2 aromatic rings. The van der Waals surface area contributed by atoms with Gasteiger partial charge in [-0.15, -0.1) is 10.2 Å². The molecule has 0 saturated heterocycles. The van der Waals surface area contributed by atoms with Crippen LogP contribution in [0.1, 0.15) is 12.5 Å². The minimum atomic E-state index is 0.0803. The Morgan fingerprint density at radius 3 is 2.78 bits per heavy atom. The van der Waals surface area contributed by atoms with Crippen molar-refractivity contribution in [1.29, 1.82) is 0 Å². The highest BCUT2D eigenvalue weighted by Gasteiger charge is 2.00. The normalized spacial score (nSPS) is 9.61. The van der Waals surface area contributed by atoms with Crippen molar-refractivity contribution in [2.45, 2.75) is 6.92 Å². The number of nitrogens with zero attached hydrogens (tertiary/aromatic N) is 3. The molecule has 0 aliphatic heterocycles. The van der Waals surface area contributed by atoms with Crippen LogP contribution < -0.4 is 0 Å². The van der Waals surface area contributed by atoms with Crippen molar-refractivity contribution in [1.82, 2.24) is 20.6 Å². The van der Waals surface area contributed by atoms with Crippen molar-refractivity contribution in [3.63, 3.8) is 0 Å². The summed E-state index contributed by atoms with van der Waals surface area (Å²) in [6.45, 7) is 1.53. The largest absolute Gasteiger partial charge is 0.288 e. The predicted molar refractivity (Wildman–Crippen MR) is 69.6 cm³/mol. The molecule has 6 heteroatoms. The lowest BCUT2D eigenvalue weighted by molar-refractivity contribution is -0.109. The molecule has 0 aliphatic carbocycles. The van der Waals surface area contributed by atoms with Gasteiger partial charge in [-0.1, -0.05) is 23.6 Å². The Hall–Kier alpha value is -2.13. The summed E-state index contributed by atoms with van der Waals surface area (Å²) in [5.74, 6) is 6.99. The van der Waals surface area contributed by atoms with Gasteiger partial charge in [-0.3, -0.25) is 4.79 Å². The monoisotopic (exact) mass is 258 g/mol. The molecule has 18 heavy (non-hydrogen) atoms. The number of hydrogen-bond acceptors (Lipinski definition) is 5. The van der Waals surface area contributed by atoms with Gasteiger partial charge in [0.25, 0.3) is 0 Å². The highest BCUT2D eigenvalue weighted by atomic mass is 32.2. The molecule has 0 amide bonds. The zero-order valence-electron chi connectivity index (χ0n) is 9.67. The fourth-order valence-corrected chi connectivity index (χ4v) is 1.61. The fourth-order valence-electron chi connectivity index (χ4n) is 1.26. The first-order valence-electron chi connectivity index (χ1n) is 5.22. The average molecular weight is 258 g/mol. The molecule has 1 aromatic heterocycles. The average Bonchev–Trinajstić information content (AvgIpc) is 2.89. The zero-order valence-corrected chi connectivity index (χ0v) is 10.5. The van der Waals surface area contributed by atoms with Crippen molar-refractivity contribution in [3.8, 4) is 23.2 Å². The van der Waals surface area contributed by atoms with E-state index in [0.29, 0.717) is 11.6 Å². The summed E-state index contributed by atoms with van der Waals surface area (Å²) >= 11 is 1.21. The number of benzene rings is 1. The van der Waals surface area contributed by atoms with E-state index in [1.165, 1.54) is 18.7 Å². The van der Waals surface area contributed by atoms with Gasteiger partial charge in [0.15, 0.2) is 5.12 Å². The van der Waals surface area contributed by atoms with Crippen LogP contribution in [0.5, 0.6) is 0 Å². The SMILES string of the molecule is CC(=O)SCC#Cc1ccc(-c2nn[nH]n2)cc1. The zero-order chi connectivity index (χ0) is 12.8. The van der Waals surface area contributed by atoms with Gasteiger partial charge in [0, 0.05) is 18.1 Å². The maximum Gasteiger partial charge on any atom is 0.204 e. The molecule has 2 rings (SSSR count). The molecular weight excluding hydrogens is 248 g/mol. The third-order valence-corrected chi connectivity index (χ3v) is 2.76. The van der Waals surface area contributed by atoms with Crippen LogP contribution in [0, 0.1) is 11.8 Å². The number of carbonyl (C=O) groups excluding carboxylic acids is 1. The van der Waals surface area contributed by atoms with Crippen LogP contribution in [-0.2, 0) is 4.79 Å². The molecule has 0 radical (unpaired) electrons. The van der Waals surface area contributed by atoms with E-state index >= 15 is 0 Å². The van der Waals surface area contributed by atoms with Crippen molar-refractivity contribution < 1.29 is 4.79 Å². The number of rotatable bonds is 2. The van der Waals surface area contributed by atoms with Gasteiger partial charge in [0.1, 0.15) is 0 Å². The molecule has 0 unspecified atom stereocenters. The molecule has 0 atom stereocenters. The predicted octanol–water partition coefficient (Wildman–Crippen LogP) is 1.50. The first-order valence-corrected chi connectivity index (χ1v) is 6.20. The van der Waals surface area contributed by atoms with E-state index in [0.717, 1.165) is 11.1 Å². The number of H-pyrrole nitrogens is 1. The van der Waals surface area contributed by atoms with Gasteiger partial charge in [-0.2, -0.15) is 5.21 Å². The topological polar surface area (TPSA) is 71.5 Å². The van der Waals surface area contributed by atoms with Crippen LogP contribution >= 0.6 is 11.8 Å². The molecule has 0 fully saturated rings. The van der Waals surface area contributed by atoms with Crippen molar-refractivity contribution in [3.05, 3.63) is 29.8 Å². The molecule has 1 heterocycles. The first kappa shape index (κ1) is 12.3. The molecule has 1 aromatic carbocycles. The van der Waals surface area contributed by atoms with Crippen LogP contribution in [0.25, 0.3) is 11.4 Å². The van der Waals surface area contributed by atoms with Crippen molar-refractivity contribution >= 4 is 16.9 Å². The van der Waals surface area contributed by atoms with Gasteiger partial charge in [-0.05, 0) is 29.5 Å². The summed E-state index contributed by atoms with van der Waals surface area (Å²) < 4.78 is 0. The van der Waals surface area contributed by atoms with Gasteiger partial charge in [0.2, 0.25) is 5.82 Å². The summed E-state index contributed by atoms with van der Waals surface area (Å²) in [5.41, 5.74) is 1.78. The highest BCUT2D eigenvalue weighted by molar-refractivity contribution is 8.13. The number of thioether (sulfide) groups is 1. The van der Waals surface area contributed by atoms with E-state index in [1.54, 1.807) is 0 Å². The van der Waals surface area contributed by atoms with Gasteiger partial charge < -0.3 is 0 Å². The molecule has 90 valence electrons. The molecule has 0 bridgehead atoms. The van der Waals surface area contributed by atoms with Crippen LogP contribution in [0.15, 0.2) is 24.3 Å². The Balaban J connectivity index is 2.02. The summed E-state index contributed by atoms with van der Waals surface area (Å²) in [6, 6.07) is 7.54. The molecular formula is C12H10N4OS. The van der Waals surface area contributed by atoms with E-state index in [9.17, 15) is 4.79 Å². The van der Waals surface area contributed by atoms with E-state index in [4.69, 9.17) is 0 Å². The van der Waals surface area contributed by atoms with E-state index < -0.39 is 0 Å². The number of hydrogen-bond donors (Lipinski definition) is 1. The van der Waals surface area contributed by atoms with Gasteiger partial charge in [-0.25, -0.2) is 0 Å². The third kappa shape index (κ3) is 3.43. The van der Waals surface area contributed by atoms with E-state index in [-0.39, 0.29) is 5.12 Å². The summed E-state index contributed by atoms with van der Waals surface area (Å²) in [6.07, 6.45) is 0. The van der Waals surface area contributed by atoms with Gasteiger partial charge in [0.05, 0.1) is 5.75 Å². The maximum absolute atomic E-state index is 10.7. The molecule has 1 N–H and O–H groups in total. The standard InChI is InChI=1S/C12H10N4OS/c1-9(17)18-8-2-3-10-4-6-11(7-5-10)12-13-15-16-14-12/h4-7H,8H2,1H3,(H,13,14,15,16). The highest BCUT2D eigenvalue weighted by Crippen LogP contribution is 2.13. The summed E-state index contributed by atoms with van der Waals surface area (Å²) in [4.78, 5) is 10.7. The fraction of sp³-hybridized carbons (Fsp3) is 0.167. The first-order chi connectivity index (χ1) is 8.75. The van der Waals surface area contributed by atoms with Crippen LogP contribution in [0.3, 0.4) is 0 Å². The number of tetrazole rings is 1. The second kappa shape index (κ2) is 5.98. The second-order valence-corrected chi connectivity index (χ2v) is 4.55. The Kier molecular flexibility index (Phi) is 4.10. The lowest BCUT2D eigenvalue weighted by Crippen LogP contribution is -1.83. The second-order valence-electron chi connectivity index (χ2n) is 3.39. The Morgan fingerprint density at radius 1 is 1.39 bits per heavy atom. The lowest BCUT2D eigenvalue weighted by Gasteiger charge is -1.94. The third-order valence-electron chi connectivity index (χ3n) is 2.07. The molecule has 0 saturated carbocycles. The molecule has 5 nitrogen and oxygen atoms in total. The minimum Gasteiger partial charge on any atom is -0.288 e. The van der Waals surface area contributed by atoms with Crippen molar-refractivity contribution in [2.75, 3.05) is 5.75 Å². The van der Waals surface area contributed by atoms with Crippen LogP contribution in [-0.4, -0.2) is 31.5 Å². The lowest BCUT2D eigenvalue weighted by atomic mass is 10.1. The number of aromatic nitrogens is 4. The van der Waals surface area contributed by atoms with Gasteiger partial charge >= 0.3 is 0 Å². The Bertz CT molecular complexity index is 581. The number of nitrogens with one attached hydrogen (secondary N) is 1. The van der Waals surface area contributed by atoms with E-state index in [2.05, 4.69) is 32.5 Å². The van der Waals surface area contributed by atoms with E-state index in [1.807, 2.05) is 24.3 Å².